The Morgan fingerprint density at radius 3 is 2.48 bits per heavy atom. The minimum absolute atomic E-state index is 0.0430. The number of carbonyl (C=O) groups excluding carboxylic acids is 3. The van der Waals surface area contributed by atoms with Gasteiger partial charge >= 0.3 is 5.97 Å². The molecule has 0 bridgehead atoms. The molecule has 0 saturated carbocycles. The molecule has 1 N–H and O–H groups in total. The molecule has 1 aliphatic rings. The summed E-state index contributed by atoms with van der Waals surface area (Å²) in [5.74, 6) is -0.636. The highest BCUT2D eigenvalue weighted by Crippen LogP contribution is 2.32. The second-order valence-electron chi connectivity index (χ2n) is 7.50. The van der Waals surface area contributed by atoms with Crippen LogP contribution in [0.3, 0.4) is 0 Å². The molecule has 0 radical (unpaired) electrons. The number of piperidine rings is 1. The van der Waals surface area contributed by atoms with Gasteiger partial charge in [0, 0.05) is 29.8 Å². The van der Waals surface area contributed by atoms with E-state index in [4.69, 9.17) is 4.74 Å². The van der Waals surface area contributed by atoms with E-state index in [0.717, 1.165) is 39.9 Å². The fourth-order valence-corrected chi connectivity index (χ4v) is 6.11. The molecule has 1 fully saturated rings. The molecule has 3 aromatic rings. The van der Waals surface area contributed by atoms with Crippen molar-refractivity contribution in [3.05, 3.63) is 42.7 Å². The van der Waals surface area contributed by atoms with Gasteiger partial charge in [-0.05, 0) is 33.6 Å². The van der Waals surface area contributed by atoms with Crippen molar-refractivity contribution in [3.8, 4) is 0 Å². The molecule has 0 spiro atoms. The highest BCUT2D eigenvalue weighted by atomic mass is 32.1. The number of hydrogen-bond acceptors (Lipinski definition) is 10. The zero-order chi connectivity index (χ0) is 23.5. The first kappa shape index (κ1) is 23.5. The maximum absolute atomic E-state index is 12.8. The molecule has 0 aromatic carbocycles. The third-order valence-corrected chi connectivity index (χ3v) is 8.02. The zero-order valence-corrected chi connectivity index (χ0v) is 20.9. The Labute approximate surface area is 202 Å². The van der Waals surface area contributed by atoms with Gasteiger partial charge in [-0.2, -0.15) is 0 Å². The Balaban J connectivity index is 1.33. The van der Waals surface area contributed by atoms with E-state index in [1.165, 1.54) is 22.7 Å². The number of aromatic nitrogens is 3. The summed E-state index contributed by atoms with van der Waals surface area (Å²) in [5, 5.41) is 8.07. The summed E-state index contributed by atoms with van der Waals surface area (Å²) in [5.41, 5.74) is 1.27. The van der Waals surface area contributed by atoms with Gasteiger partial charge in [-0.3, -0.25) is 14.9 Å². The van der Waals surface area contributed by atoms with Crippen molar-refractivity contribution < 1.29 is 19.1 Å². The Morgan fingerprint density at radius 1 is 1.09 bits per heavy atom. The smallest absolute Gasteiger partial charge is 0.357 e. The van der Waals surface area contributed by atoms with Crippen LogP contribution in [0.15, 0.2) is 10.8 Å². The van der Waals surface area contributed by atoms with Crippen molar-refractivity contribution in [1.29, 1.82) is 0 Å². The number of nitrogens with one attached hydrogen (secondary N) is 1. The summed E-state index contributed by atoms with van der Waals surface area (Å²) in [6.45, 7) is 7.06. The Morgan fingerprint density at radius 2 is 1.82 bits per heavy atom. The van der Waals surface area contributed by atoms with Gasteiger partial charge in [0.2, 0.25) is 0 Å². The number of likely N-dealkylation sites (tertiary alicyclic amines) is 1. The SMILES string of the molecule is CCOC(=O)c1csc(NC(=O)c2csc(C3CCN(C(=O)c4sc(C)nc4C)CC3)n2)n1. The van der Waals surface area contributed by atoms with Gasteiger partial charge in [0.25, 0.3) is 11.8 Å². The number of carbonyl (C=O) groups is 3. The van der Waals surface area contributed by atoms with Gasteiger partial charge in [-0.1, -0.05) is 0 Å². The maximum atomic E-state index is 12.8. The maximum Gasteiger partial charge on any atom is 0.357 e. The molecule has 4 rings (SSSR count). The standard InChI is InChI=1S/C21H23N5O4S3/c1-4-30-20(29)15-10-32-21(24-15)25-17(27)14-9-31-18(23-14)13-5-7-26(8-6-13)19(28)16-11(2)22-12(3)33-16/h9-10,13H,4-8H2,1-3H3,(H,24,25,27). The lowest BCUT2D eigenvalue weighted by molar-refractivity contribution is 0.0520. The van der Waals surface area contributed by atoms with Gasteiger partial charge in [0.15, 0.2) is 10.8 Å². The van der Waals surface area contributed by atoms with E-state index in [-0.39, 0.29) is 30.0 Å². The van der Waals surface area contributed by atoms with E-state index in [1.807, 2.05) is 18.7 Å². The van der Waals surface area contributed by atoms with Gasteiger partial charge in [0.05, 0.1) is 22.3 Å². The number of nitrogens with zero attached hydrogens (tertiary/aromatic N) is 4. The van der Waals surface area contributed by atoms with E-state index in [9.17, 15) is 14.4 Å². The van der Waals surface area contributed by atoms with Crippen LogP contribution in [0.25, 0.3) is 0 Å². The molecule has 1 aliphatic heterocycles. The number of aryl methyl sites for hydroxylation is 2. The molecular weight excluding hydrogens is 482 g/mol. The van der Waals surface area contributed by atoms with Crippen LogP contribution in [-0.4, -0.2) is 57.3 Å². The molecular formula is C21H23N5O4S3. The number of ether oxygens (including phenoxy) is 1. The Kier molecular flexibility index (Phi) is 7.15. The molecule has 0 aliphatic carbocycles. The summed E-state index contributed by atoms with van der Waals surface area (Å²) in [7, 11) is 0. The molecule has 3 aromatic heterocycles. The lowest BCUT2D eigenvalue weighted by Gasteiger charge is -2.30. The van der Waals surface area contributed by atoms with Gasteiger partial charge in [-0.15, -0.1) is 34.0 Å². The van der Waals surface area contributed by atoms with Crippen LogP contribution in [0.1, 0.15) is 72.0 Å². The van der Waals surface area contributed by atoms with Crippen molar-refractivity contribution in [2.45, 2.75) is 39.5 Å². The van der Waals surface area contributed by atoms with Crippen LogP contribution in [0.2, 0.25) is 0 Å². The van der Waals surface area contributed by atoms with Gasteiger partial charge in [0.1, 0.15) is 10.6 Å². The number of thiazole rings is 3. The van der Waals surface area contributed by atoms with E-state index in [1.54, 1.807) is 17.7 Å². The second kappa shape index (κ2) is 10.1. The predicted molar refractivity (Wildman–Crippen MR) is 128 cm³/mol. The molecule has 0 atom stereocenters. The van der Waals surface area contributed by atoms with Gasteiger partial charge < -0.3 is 9.64 Å². The quantitative estimate of drug-likeness (QED) is 0.501. The fourth-order valence-electron chi connectivity index (χ4n) is 3.57. The molecule has 33 heavy (non-hydrogen) atoms. The molecule has 12 heteroatoms. The monoisotopic (exact) mass is 505 g/mol. The second-order valence-corrected chi connectivity index (χ2v) is 10.4. The van der Waals surface area contributed by atoms with Crippen molar-refractivity contribution in [2.24, 2.45) is 0 Å². The van der Waals surface area contributed by atoms with Crippen LogP contribution < -0.4 is 5.32 Å². The fraction of sp³-hybridized carbons (Fsp3) is 0.429. The van der Waals surface area contributed by atoms with Crippen molar-refractivity contribution in [2.75, 3.05) is 25.0 Å². The number of esters is 1. The molecule has 4 heterocycles. The van der Waals surface area contributed by atoms with Crippen LogP contribution in [0, 0.1) is 13.8 Å². The van der Waals surface area contributed by atoms with Crippen molar-refractivity contribution in [1.82, 2.24) is 19.9 Å². The van der Waals surface area contributed by atoms with Crippen LogP contribution in [0.4, 0.5) is 5.13 Å². The highest BCUT2D eigenvalue weighted by molar-refractivity contribution is 7.14. The zero-order valence-electron chi connectivity index (χ0n) is 18.4. The third-order valence-electron chi connectivity index (χ3n) is 5.19. The summed E-state index contributed by atoms with van der Waals surface area (Å²) >= 11 is 4.04. The summed E-state index contributed by atoms with van der Waals surface area (Å²) in [6.07, 6.45) is 1.60. The molecule has 0 unspecified atom stereocenters. The summed E-state index contributed by atoms with van der Waals surface area (Å²) in [6, 6.07) is 0. The Hall–Kier alpha value is -2.70. The van der Waals surface area contributed by atoms with Crippen molar-refractivity contribution >= 4 is 56.9 Å². The van der Waals surface area contributed by atoms with E-state index >= 15 is 0 Å². The summed E-state index contributed by atoms with van der Waals surface area (Å²) < 4.78 is 4.91. The first-order chi connectivity index (χ1) is 15.9. The molecule has 2 amide bonds. The average molecular weight is 506 g/mol. The van der Waals surface area contributed by atoms with Crippen LogP contribution in [0.5, 0.6) is 0 Å². The largest absolute Gasteiger partial charge is 0.461 e. The van der Waals surface area contributed by atoms with E-state index in [2.05, 4.69) is 20.3 Å². The lowest BCUT2D eigenvalue weighted by Crippen LogP contribution is -2.37. The third kappa shape index (κ3) is 5.28. The first-order valence-corrected chi connectivity index (χ1v) is 13.1. The minimum atomic E-state index is -0.518. The topological polar surface area (TPSA) is 114 Å². The van der Waals surface area contributed by atoms with E-state index < -0.39 is 5.97 Å². The van der Waals surface area contributed by atoms with E-state index in [0.29, 0.717) is 28.8 Å². The number of hydrogen-bond donors (Lipinski definition) is 1. The average Bonchev–Trinajstić information content (AvgIpc) is 3.53. The van der Waals surface area contributed by atoms with Crippen LogP contribution >= 0.6 is 34.0 Å². The highest BCUT2D eigenvalue weighted by Gasteiger charge is 2.28. The number of anilines is 1. The summed E-state index contributed by atoms with van der Waals surface area (Å²) in [4.78, 5) is 52.7. The predicted octanol–water partition coefficient (Wildman–Crippen LogP) is 4.12. The molecule has 1 saturated heterocycles. The number of amides is 2. The minimum Gasteiger partial charge on any atom is -0.461 e. The van der Waals surface area contributed by atoms with Crippen molar-refractivity contribution in [3.63, 3.8) is 0 Å². The molecule has 174 valence electrons. The normalized spacial score (nSPS) is 14.3. The first-order valence-electron chi connectivity index (χ1n) is 10.5. The number of rotatable bonds is 6. The lowest BCUT2D eigenvalue weighted by atomic mass is 9.97. The molecule has 9 nitrogen and oxygen atoms in total. The Bertz CT molecular complexity index is 1180. The van der Waals surface area contributed by atoms with Crippen LogP contribution in [-0.2, 0) is 4.74 Å². The van der Waals surface area contributed by atoms with Gasteiger partial charge in [-0.25, -0.2) is 19.7 Å².